The number of aromatic nitrogens is 4. The molecule has 5 rings (SSSR count). The van der Waals surface area contributed by atoms with Gasteiger partial charge in [0.2, 0.25) is 0 Å². The maximum atomic E-state index is 13.0. The average molecular weight is 442 g/mol. The number of primary amides is 1. The van der Waals surface area contributed by atoms with E-state index < -0.39 is 17.8 Å². The van der Waals surface area contributed by atoms with Crippen LogP contribution in [0.1, 0.15) is 47.9 Å². The number of nitrogens with one attached hydrogen (secondary N) is 1. The summed E-state index contributed by atoms with van der Waals surface area (Å²) in [5.41, 5.74) is 5.98. The largest absolute Gasteiger partial charge is 0.434 e. The Morgan fingerprint density at radius 1 is 1.12 bits per heavy atom. The molecule has 4 aromatic rings. The van der Waals surface area contributed by atoms with Crippen molar-refractivity contribution in [1.82, 2.24) is 18.9 Å². The summed E-state index contributed by atoms with van der Waals surface area (Å²) in [6.45, 7) is 0. The molecule has 0 bridgehead atoms. The normalized spacial score (nSPS) is 19.5. The van der Waals surface area contributed by atoms with E-state index in [-0.39, 0.29) is 23.4 Å². The topological polar surface area (TPSA) is 90.2 Å². The van der Waals surface area contributed by atoms with Crippen molar-refractivity contribution < 1.29 is 18.0 Å². The molecule has 166 valence electrons. The lowest BCUT2D eigenvalue weighted by Gasteiger charge is -2.31. The minimum absolute atomic E-state index is 0.137. The van der Waals surface area contributed by atoms with Crippen LogP contribution in [0.5, 0.6) is 0 Å². The minimum atomic E-state index is -4.48. The molecule has 3 N–H and O–H groups in total. The molecule has 0 aliphatic heterocycles. The van der Waals surface area contributed by atoms with E-state index in [4.69, 9.17) is 5.73 Å². The van der Waals surface area contributed by atoms with Gasteiger partial charge in [-0.15, -0.1) is 0 Å². The van der Waals surface area contributed by atoms with Crippen LogP contribution in [0.25, 0.3) is 16.6 Å². The molecular formula is C22H21F3N6O. The highest BCUT2D eigenvalue weighted by Gasteiger charge is 2.34. The SMILES string of the molecule is NC(=O)c1nccc2c1ccn2C1CCC(Nc2cccc3nc(C(F)(F)F)cn23)CC1. The molecule has 10 heteroatoms. The molecule has 0 unspecified atom stereocenters. The molecule has 1 aliphatic rings. The number of anilines is 1. The zero-order chi connectivity index (χ0) is 22.5. The lowest BCUT2D eigenvalue weighted by atomic mass is 9.91. The Labute approximate surface area is 181 Å². The third-order valence-corrected chi connectivity index (χ3v) is 6.11. The minimum Gasteiger partial charge on any atom is -0.368 e. The number of nitrogens with zero attached hydrogens (tertiary/aromatic N) is 4. The predicted molar refractivity (Wildman–Crippen MR) is 113 cm³/mol. The van der Waals surface area contributed by atoms with Crippen LogP contribution in [0, 0.1) is 0 Å². The number of carbonyl (C=O) groups excluding carboxylic acids is 1. The van der Waals surface area contributed by atoms with Crippen LogP contribution in [-0.4, -0.2) is 30.9 Å². The van der Waals surface area contributed by atoms with E-state index in [0.29, 0.717) is 5.82 Å². The predicted octanol–water partition coefficient (Wildman–Crippen LogP) is 4.40. The number of alkyl halides is 3. The number of hydrogen-bond acceptors (Lipinski definition) is 4. The smallest absolute Gasteiger partial charge is 0.368 e. The quantitative estimate of drug-likeness (QED) is 0.490. The van der Waals surface area contributed by atoms with Crippen molar-refractivity contribution >= 4 is 28.3 Å². The fraction of sp³-hybridized carbons (Fsp3) is 0.318. The van der Waals surface area contributed by atoms with E-state index in [1.807, 2.05) is 18.3 Å². The summed E-state index contributed by atoms with van der Waals surface area (Å²) in [4.78, 5) is 19.4. The average Bonchev–Trinajstić information content (AvgIpc) is 3.39. The molecule has 0 aromatic carbocycles. The second-order valence-corrected chi connectivity index (χ2v) is 8.09. The van der Waals surface area contributed by atoms with Gasteiger partial charge < -0.3 is 15.6 Å². The molecular weight excluding hydrogens is 421 g/mol. The second-order valence-electron chi connectivity index (χ2n) is 8.09. The van der Waals surface area contributed by atoms with Crippen LogP contribution in [0.15, 0.2) is 48.9 Å². The van der Waals surface area contributed by atoms with Gasteiger partial charge in [0.25, 0.3) is 5.91 Å². The van der Waals surface area contributed by atoms with Gasteiger partial charge >= 0.3 is 6.18 Å². The maximum Gasteiger partial charge on any atom is 0.434 e. The maximum absolute atomic E-state index is 13.0. The molecule has 1 saturated carbocycles. The van der Waals surface area contributed by atoms with Crippen LogP contribution in [-0.2, 0) is 6.18 Å². The number of pyridine rings is 2. The van der Waals surface area contributed by atoms with Gasteiger partial charge in [0.05, 0.1) is 5.52 Å². The molecule has 1 fully saturated rings. The fourth-order valence-corrected chi connectivity index (χ4v) is 4.57. The number of fused-ring (bicyclic) bond motifs is 2. The molecule has 7 nitrogen and oxygen atoms in total. The Morgan fingerprint density at radius 3 is 2.62 bits per heavy atom. The molecule has 4 heterocycles. The summed E-state index contributed by atoms with van der Waals surface area (Å²) in [6, 6.07) is 9.16. The Balaban J connectivity index is 1.32. The Bertz CT molecular complexity index is 1300. The van der Waals surface area contributed by atoms with Crippen molar-refractivity contribution in [2.24, 2.45) is 5.73 Å². The van der Waals surface area contributed by atoms with E-state index in [2.05, 4.69) is 19.9 Å². The molecule has 0 radical (unpaired) electrons. The van der Waals surface area contributed by atoms with Crippen molar-refractivity contribution in [3.63, 3.8) is 0 Å². The van der Waals surface area contributed by atoms with Crippen LogP contribution in [0.3, 0.4) is 0 Å². The van der Waals surface area contributed by atoms with Crippen molar-refractivity contribution in [2.75, 3.05) is 5.32 Å². The number of amides is 1. The van der Waals surface area contributed by atoms with Gasteiger partial charge in [-0.2, -0.15) is 13.2 Å². The van der Waals surface area contributed by atoms with Gasteiger partial charge in [-0.3, -0.25) is 14.2 Å². The van der Waals surface area contributed by atoms with E-state index in [1.165, 1.54) is 4.40 Å². The molecule has 0 atom stereocenters. The van der Waals surface area contributed by atoms with Gasteiger partial charge in [0.1, 0.15) is 17.2 Å². The summed E-state index contributed by atoms with van der Waals surface area (Å²) >= 11 is 0. The number of nitrogens with two attached hydrogens (primary N) is 1. The highest BCUT2D eigenvalue weighted by atomic mass is 19.4. The van der Waals surface area contributed by atoms with Crippen LogP contribution < -0.4 is 11.1 Å². The van der Waals surface area contributed by atoms with Gasteiger partial charge in [0.15, 0.2) is 5.69 Å². The van der Waals surface area contributed by atoms with Crippen LogP contribution in [0.4, 0.5) is 19.0 Å². The molecule has 1 amide bonds. The highest BCUT2D eigenvalue weighted by Crippen LogP contribution is 2.34. The third kappa shape index (κ3) is 3.55. The lowest BCUT2D eigenvalue weighted by Crippen LogP contribution is -2.28. The summed E-state index contributed by atoms with van der Waals surface area (Å²) in [5, 5.41) is 4.13. The first-order valence-corrected chi connectivity index (χ1v) is 10.4. The molecule has 32 heavy (non-hydrogen) atoms. The monoisotopic (exact) mass is 442 g/mol. The number of carbonyl (C=O) groups is 1. The number of imidazole rings is 1. The Hall–Kier alpha value is -3.56. The summed E-state index contributed by atoms with van der Waals surface area (Å²) in [7, 11) is 0. The molecule has 1 aliphatic carbocycles. The van der Waals surface area contributed by atoms with E-state index in [1.54, 1.807) is 24.4 Å². The van der Waals surface area contributed by atoms with E-state index in [0.717, 1.165) is 42.8 Å². The second kappa shape index (κ2) is 7.54. The van der Waals surface area contributed by atoms with Gasteiger partial charge in [-0.05, 0) is 49.9 Å². The van der Waals surface area contributed by atoms with Gasteiger partial charge in [-0.1, -0.05) is 6.07 Å². The highest BCUT2D eigenvalue weighted by molar-refractivity contribution is 6.03. The number of hydrogen-bond donors (Lipinski definition) is 2. The van der Waals surface area contributed by atoms with Crippen molar-refractivity contribution in [3.05, 3.63) is 60.3 Å². The third-order valence-electron chi connectivity index (χ3n) is 6.11. The fourth-order valence-electron chi connectivity index (χ4n) is 4.57. The Morgan fingerprint density at radius 2 is 1.91 bits per heavy atom. The molecule has 0 spiro atoms. The van der Waals surface area contributed by atoms with Crippen molar-refractivity contribution in [1.29, 1.82) is 0 Å². The van der Waals surface area contributed by atoms with E-state index >= 15 is 0 Å². The van der Waals surface area contributed by atoms with Gasteiger partial charge in [0, 0.05) is 36.1 Å². The summed E-state index contributed by atoms with van der Waals surface area (Å²) < 4.78 is 42.7. The zero-order valence-corrected chi connectivity index (χ0v) is 17.0. The van der Waals surface area contributed by atoms with Crippen LogP contribution >= 0.6 is 0 Å². The first kappa shape index (κ1) is 20.3. The van der Waals surface area contributed by atoms with Crippen molar-refractivity contribution in [3.8, 4) is 0 Å². The summed E-state index contributed by atoms with van der Waals surface area (Å²) in [5.74, 6) is 0.0427. The summed E-state index contributed by atoms with van der Waals surface area (Å²) in [6.07, 6.45) is 3.59. The number of halogens is 3. The molecule has 0 saturated heterocycles. The van der Waals surface area contributed by atoms with Crippen molar-refractivity contribution in [2.45, 2.75) is 43.9 Å². The first-order chi connectivity index (χ1) is 15.3. The van der Waals surface area contributed by atoms with Crippen LogP contribution in [0.2, 0.25) is 0 Å². The standard InChI is InChI=1S/C22H21F3N6O/c23-22(24,25)17-12-31-18(2-1-3-19(31)29-17)28-13-4-6-14(7-5-13)30-11-9-15-16(30)8-10-27-20(15)21(26)32/h1-3,8-14,28H,4-7H2,(H2,26,32). The van der Waals surface area contributed by atoms with E-state index in [9.17, 15) is 18.0 Å². The lowest BCUT2D eigenvalue weighted by molar-refractivity contribution is -0.140. The zero-order valence-electron chi connectivity index (χ0n) is 17.0. The number of rotatable bonds is 4. The Kier molecular flexibility index (Phi) is 4.79. The van der Waals surface area contributed by atoms with Gasteiger partial charge in [-0.25, -0.2) is 4.98 Å². The molecule has 4 aromatic heterocycles. The first-order valence-electron chi connectivity index (χ1n) is 10.4.